The molecule has 5 rings (SSSR count). The molecule has 130 valence electrons. The minimum atomic E-state index is 0.172. The second kappa shape index (κ2) is 4.87. The Morgan fingerprint density at radius 2 is 1.52 bits per heavy atom. The van der Waals surface area contributed by atoms with Crippen LogP contribution in [0.1, 0.15) is 72.6 Å². The van der Waals surface area contributed by atoms with Crippen molar-refractivity contribution in [3.05, 3.63) is 0 Å². The van der Waals surface area contributed by atoms with Gasteiger partial charge >= 0.3 is 0 Å². The molecule has 2 bridgehead atoms. The Morgan fingerprint density at radius 1 is 0.913 bits per heavy atom. The average molecular weight is 446 g/mol. The number of ketones is 1. The van der Waals surface area contributed by atoms with E-state index in [1.165, 1.54) is 32.1 Å². The van der Waals surface area contributed by atoms with Crippen LogP contribution in [0.2, 0.25) is 0 Å². The first-order valence-corrected chi connectivity index (χ1v) is 11.2. The van der Waals surface area contributed by atoms with Crippen LogP contribution in [-0.4, -0.2) is 15.4 Å². The van der Waals surface area contributed by atoms with E-state index in [-0.39, 0.29) is 10.8 Å². The minimum absolute atomic E-state index is 0.172. The van der Waals surface area contributed by atoms with Crippen molar-refractivity contribution in [3.8, 4) is 0 Å². The van der Waals surface area contributed by atoms with E-state index in [9.17, 15) is 4.79 Å². The van der Waals surface area contributed by atoms with Crippen molar-refractivity contribution in [2.75, 3.05) is 0 Å². The summed E-state index contributed by atoms with van der Waals surface area (Å²) in [6.07, 6.45) is 8.20. The van der Waals surface area contributed by atoms with Gasteiger partial charge in [0.1, 0.15) is 5.78 Å². The van der Waals surface area contributed by atoms with Crippen molar-refractivity contribution in [1.29, 1.82) is 0 Å². The topological polar surface area (TPSA) is 17.1 Å². The number of alkyl halides is 2. The summed E-state index contributed by atoms with van der Waals surface area (Å²) >= 11 is 8.14. The second-order valence-corrected chi connectivity index (χ2v) is 12.5. The van der Waals surface area contributed by atoms with E-state index in [0.29, 0.717) is 32.2 Å². The van der Waals surface area contributed by atoms with Gasteiger partial charge in [-0.3, -0.25) is 4.79 Å². The van der Waals surface area contributed by atoms with E-state index >= 15 is 0 Å². The molecule has 3 heteroatoms. The minimum Gasteiger partial charge on any atom is -0.300 e. The zero-order valence-corrected chi connectivity index (χ0v) is 18.1. The van der Waals surface area contributed by atoms with Crippen molar-refractivity contribution in [1.82, 2.24) is 0 Å². The maximum absolute atomic E-state index is 12.7. The van der Waals surface area contributed by atoms with Crippen molar-refractivity contribution in [3.63, 3.8) is 0 Å². The Kier molecular flexibility index (Phi) is 3.61. The lowest BCUT2D eigenvalue weighted by atomic mass is 9.33. The van der Waals surface area contributed by atoms with Crippen LogP contribution in [0.4, 0.5) is 0 Å². The quantitative estimate of drug-likeness (QED) is 0.410. The zero-order valence-electron chi connectivity index (χ0n) is 14.9. The van der Waals surface area contributed by atoms with E-state index < -0.39 is 0 Å². The monoisotopic (exact) mass is 444 g/mol. The third kappa shape index (κ3) is 1.99. The smallest absolute Gasteiger partial charge is 0.134 e. The highest BCUT2D eigenvalue weighted by Gasteiger charge is 2.70. The van der Waals surface area contributed by atoms with E-state index in [2.05, 4.69) is 59.6 Å². The van der Waals surface area contributed by atoms with Crippen LogP contribution >= 0.6 is 31.9 Å². The van der Waals surface area contributed by atoms with Gasteiger partial charge in [-0.05, 0) is 65.6 Å². The van der Waals surface area contributed by atoms with Gasteiger partial charge in [-0.25, -0.2) is 0 Å². The molecule has 0 N–H and O–H groups in total. The molecule has 5 aliphatic carbocycles. The molecule has 0 amide bonds. The fourth-order valence-electron chi connectivity index (χ4n) is 7.70. The Balaban J connectivity index is 1.84. The van der Waals surface area contributed by atoms with Crippen LogP contribution in [0.25, 0.3) is 0 Å². The molecule has 5 saturated carbocycles. The molecular weight excluding hydrogens is 416 g/mol. The lowest BCUT2D eigenvalue weighted by molar-refractivity contribution is -0.211. The summed E-state index contributed by atoms with van der Waals surface area (Å²) in [4.78, 5) is 13.9. The summed E-state index contributed by atoms with van der Waals surface area (Å²) < 4.78 is 0. The molecule has 0 unspecified atom stereocenters. The molecule has 23 heavy (non-hydrogen) atoms. The van der Waals surface area contributed by atoms with Crippen LogP contribution in [0.5, 0.6) is 0 Å². The summed E-state index contributed by atoms with van der Waals surface area (Å²) in [5.41, 5.74) is 1.09. The molecule has 1 spiro atoms. The third-order valence-electron chi connectivity index (χ3n) is 8.86. The van der Waals surface area contributed by atoms with E-state index in [1.807, 2.05) is 0 Å². The summed E-state index contributed by atoms with van der Waals surface area (Å²) in [6.45, 7) is 9.68. The van der Waals surface area contributed by atoms with Gasteiger partial charge in [0.05, 0.1) is 0 Å². The first kappa shape index (κ1) is 17.1. The van der Waals surface area contributed by atoms with Gasteiger partial charge in [0.25, 0.3) is 0 Å². The predicted octanol–water partition coefficient (Wildman–Crippen LogP) is 6.13. The molecule has 0 aliphatic heterocycles. The maximum Gasteiger partial charge on any atom is 0.134 e. The highest BCUT2D eigenvalue weighted by Crippen LogP contribution is 2.76. The van der Waals surface area contributed by atoms with Gasteiger partial charge in [0.2, 0.25) is 0 Å². The lowest BCUT2D eigenvalue weighted by Crippen LogP contribution is -2.68. The van der Waals surface area contributed by atoms with E-state index in [4.69, 9.17) is 0 Å². The van der Waals surface area contributed by atoms with Crippen LogP contribution < -0.4 is 0 Å². The lowest BCUT2D eigenvalue weighted by Gasteiger charge is -2.73. The number of hydrogen-bond acceptors (Lipinski definition) is 1. The summed E-state index contributed by atoms with van der Waals surface area (Å²) in [5, 5.41) is 0. The molecule has 5 atom stereocenters. The third-order valence-corrected chi connectivity index (χ3v) is 11.6. The number of halogens is 2. The number of carbonyl (C=O) groups is 1. The highest BCUT2D eigenvalue weighted by molar-refractivity contribution is 9.10. The van der Waals surface area contributed by atoms with Gasteiger partial charge in [0, 0.05) is 22.5 Å². The molecule has 0 heterocycles. The van der Waals surface area contributed by atoms with Crippen LogP contribution in [-0.2, 0) is 4.79 Å². The fraction of sp³-hybridized carbons (Fsp3) is 0.950. The van der Waals surface area contributed by atoms with Crippen molar-refractivity contribution in [2.45, 2.75) is 82.3 Å². The maximum atomic E-state index is 12.7. The molecule has 0 aromatic carbocycles. The first-order valence-electron chi connectivity index (χ1n) is 9.35. The first-order chi connectivity index (χ1) is 10.6. The predicted molar refractivity (Wildman–Crippen MR) is 102 cm³/mol. The van der Waals surface area contributed by atoms with Gasteiger partial charge in [-0.15, -0.1) is 0 Å². The zero-order chi connectivity index (χ0) is 16.8. The summed E-state index contributed by atoms with van der Waals surface area (Å²) in [6, 6.07) is 0. The van der Waals surface area contributed by atoms with Gasteiger partial charge in [-0.1, -0.05) is 59.6 Å². The number of carbonyl (C=O) groups excluding carboxylic acids is 1. The molecule has 0 radical (unpaired) electrons. The fourth-order valence-corrected chi connectivity index (χ4v) is 10.2. The van der Waals surface area contributed by atoms with Crippen molar-refractivity contribution >= 4 is 37.6 Å². The van der Waals surface area contributed by atoms with Crippen molar-refractivity contribution in [2.24, 2.45) is 33.5 Å². The Morgan fingerprint density at radius 3 is 2.13 bits per heavy atom. The Labute approximate surface area is 158 Å². The molecule has 0 saturated heterocycles. The molecule has 0 aromatic heterocycles. The summed E-state index contributed by atoms with van der Waals surface area (Å²) in [5.74, 6) is 2.03. The van der Waals surface area contributed by atoms with Gasteiger partial charge in [-0.2, -0.15) is 0 Å². The number of Topliss-reactive ketones (excluding diaryl/α,β-unsaturated/α-hetero) is 1. The van der Waals surface area contributed by atoms with Crippen LogP contribution in [0.3, 0.4) is 0 Å². The van der Waals surface area contributed by atoms with Gasteiger partial charge in [0.15, 0.2) is 0 Å². The standard InChI is InChI=1S/C20H30Br2O/c1-17(2)8-13(23)9-19(4)14(17)6-5-12-7-18(3)15(21)10-20(12,19)11-16(18)22/h12,14-16H,5-11H2,1-4H3/t12-,14-,15+,16+,18?,19-,20?/m0/s1. The van der Waals surface area contributed by atoms with Crippen LogP contribution in [0.15, 0.2) is 0 Å². The largest absolute Gasteiger partial charge is 0.300 e. The highest BCUT2D eigenvalue weighted by atomic mass is 79.9. The Bertz CT molecular complexity index is 542. The number of rotatable bonds is 0. The van der Waals surface area contributed by atoms with Crippen LogP contribution in [0, 0.1) is 33.5 Å². The SMILES string of the molecule is CC1(C)CC(=O)C[C@@]2(C)[C@H]1CC[C@H]1CC3(C)[C@H](Br)CC12C[C@H]3Br. The number of hydrogen-bond donors (Lipinski definition) is 0. The molecular formula is C20H30Br2O. The molecule has 5 aliphatic rings. The summed E-state index contributed by atoms with van der Waals surface area (Å²) in [7, 11) is 0. The van der Waals surface area contributed by atoms with Crippen molar-refractivity contribution < 1.29 is 4.79 Å². The second-order valence-electron chi connectivity index (χ2n) is 10.3. The molecule has 1 nitrogen and oxygen atoms in total. The van der Waals surface area contributed by atoms with E-state index in [0.717, 1.165) is 18.8 Å². The molecule has 5 fully saturated rings. The van der Waals surface area contributed by atoms with Gasteiger partial charge < -0.3 is 0 Å². The number of fused-ring (bicyclic) bond motifs is 3. The normalized spacial score (nSPS) is 57.7. The molecule has 0 aromatic rings. The Hall–Kier alpha value is 0.630. The van der Waals surface area contributed by atoms with E-state index in [1.54, 1.807) is 0 Å². The average Bonchev–Trinajstić information content (AvgIpc) is 2.39.